The first kappa shape index (κ1) is 18.9. The van der Waals surface area contributed by atoms with Crippen molar-refractivity contribution in [3.8, 4) is 11.5 Å². The van der Waals surface area contributed by atoms with E-state index in [1.165, 1.54) is 12.1 Å². The number of anilines is 2. The molecule has 2 aliphatic heterocycles. The van der Waals surface area contributed by atoms with Crippen LogP contribution in [0.4, 0.5) is 16.2 Å². The summed E-state index contributed by atoms with van der Waals surface area (Å²) in [7, 11) is 2.16. The van der Waals surface area contributed by atoms with E-state index in [1.807, 2.05) is 11.0 Å². The fourth-order valence-corrected chi connectivity index (χ4v) is 4.23. The Morgan fingerprint density at radius 3 is 2.67 bits per heavy atom. The Kier molecular flexibility index (Phi) is 5.04. The van der Waals surface area contributed by atoms with Crippen molar-refractivity contribution in [1.82, 2.24) is 30.0 Å². The third-order valence-corrected chi connectivity index (χ3v) is 6.08. The lowest BCUT2D eigenvalue weighted by atomic mass is 10.1. The quantitative estimate of drug-likeness (QED) is 0.619. The number of nitrogens with zero attached hydrogens (tertiary/aromatic N) is 5. The van der Waals surface area contributed by atoms with E-state index >= 15 is 0 Å². The normalized spacial score (nSPS) is 18.2. The van der Waals surface area contributed by atoms with Crippen molar-refractivity contribution in [2.75, 3.05) is 56.5 Å². The number of carbonyl (C=O) groups is 1. The number of aromatic nitrogens is 4. The van der Waals surface area contributed by atoms with Gasteiger partial charge in [0.25, 0.3) is 0 Å². The molecule has 9 heteroatoms. The van der Waals surface area contributed by atoms with E-state index in [-0.39, 0.29) is 6.03 Å². The van der Waals surface area contributed by atoms with Crippen LogP contribution in [0.1, 0.15) is 19.3 Å². The molecular weight excluding hydrogens is 380 g/mol. The average molecular weight is 409 g/mol. The minimum absolute atomic E-state index is 0.0780. The Hall–Kier alpha value is -3.07. The number of likely N-dealkylation sites (N-methyl/N-ethyl adjacent to an activating group) is 1. The fourth-order valence-electron chi connectivity index (χ4n) is 4.23. The molecule has 0 unspecified atom stereocenters. The molecule has 9 nitrogen and oxygen atoms in total. The highest BCUT2D eigenvalue weighted by Gasteiger charge is 2.21. The maximum Gasteiger partial charge on any atom is 0.321 e. The number of amides is 2. The van der Waals surface area contributed by atoms with Gasteiger partial charge in [0.05, 0.1) is 16.7 Å². The first-order valence-corrected chi connectivity index (χ1v) is 10.7. The lowest BCUT2D eigenvalue weighted by Gasteiger charge is -2.34. The SMILES string of the molecule is CN1CCN(c2ccc3nc(-c4n[nH]cc4NC(=O)N4CCCCC4)[nH]c3c2)CC1. The maximum atomic E-state index is 12.6. The molecule has 30 heavy (non-hydrogen) atoms. The average Bonchev–Trinajstić information content (AvgIpc) is 3.40. The van der Waals surface area contributed by atoms with Gasteiger partial charge in [0.1, 0.15) is 0 Å². The maximum absolute atomic E-state index is 12.6. The molecule has 0 spiro atoms. The summed E-state index contributed by atoms with van der Waals surface area (Å²) >= 11 is 0. The molecule has 3 aromatic rings. The van der Waals surface area contributed by atoms with Crippen LogP contribution >= 0.6 is 0 Å². The molecule has 1 aromatic carbocycles. The minimum atomic E-state index is -0.0780. The number of urea groups is 1. The standard InChI is InChI=1S/C21H28N8O/c1-27-9-11-28(12-10-27)15-5-6-16-17(13-15)24-20(23-16)19-18(14-22-26-19)25-21(30)29-7-3-2-4-8-29/h5-6,13-14H,2-4,7-12H2,1H3,(H,22,26)(H,23,24)(H,25,30). The van der Waals surface area contributed by atoms with Crippen molar-refractivity contribution in [3.05, 3.63) is 24.4 Å². The number of benzene rings is 1. The minimum Gasteiger partial charge on any atom is -0.369 e. The lowest BCUT2D eigenvalue weighted by Crippen LogP contribution is -2.44. The molecule has 2 amide bonds. The van der Waals surface area contributed by atoms with Crippen LogP contribution in [-0.2, 0) is 0 Å². The summed E-state index contributed by atoms with van der Waals surface area (Å²) in [6, 6.07) is 6.24. The molecule has 0 bridgehead atoms. The number of fused-ring (bicyclic) bond motifs is 1. The number of piperazine rings is 1. The second kappa shape index (κ2) is 7.98. The van der Waals surface area contributed by atoms with Crippen LogP contribution in [0.15, 0.2) is 24.4 Å². The number of likely N-dealkylation sites (tertiary alicyclic amines) is 1. The molecule has 2 saturated heterocycles. The molecule has 0 radical (unpaired) electrons. The second-order valence-electron chi connectivity index (χ2n) is 8.20. The Morgan fingerprint density at radius 2 is 1.87 bits per heavy atom. The topological polar surface area (TPSA) is 96.2 Å². The summed E-state index contributed by atoms with van der Waals surface area (Å²) in [5.74, 6) is 0.649. The Morgan fingerprint density at radius 1 is 1.07 bits per heavy atom. The zero-order valence-corrected chi connectivity index (χ0v) is 17.3. The number of H-pyrrole nitrogens is 2. The monoisotopic (exact) mass is 408 g/mol. The predicted octanol–water partition coefficient (Wildman–Crippen LogP) is 2.72. The van der Waals surface area contributed by atoms with E-state index in [0.717, 1.165) is 63.1 Å². The van der Waals surface area contributed by atoms with Gasteiger partial charge in [-0.15, -0.1) is 0 Å². The number of aromatic amines is 2. The molecular formula is C21H28N8O. The summed E-state index contributed by atoms with van der Waals surface area (Å²) in [5, 5.41) is 10.2. The van der Waals surface area contributed by atoms with Crippen LogP contribution in [0.2, 0.25) is 0 Å². The van der Waals surface area contributed by atoms with E-state index in [1.54, 1.807) is 6.20 Å². The number of hydrogen-bond acceptors (Lipinski definition) is 5. The van der Waals surface area contributed by atoms with Gasteiger partial charge < -0.3 is 25.0 Å². The van der Waals surface area contributed by atoms with Crippen LogP contribution in [-0.4, -0.2) is 82.3 Å². The highest BCUT2D eigenvalue weighted by molar-refractivity contribution is 5.93. The van der Waals surface area contributed by atoms with Crippen LogP contribution in [0.3, 0.4) is 0 Å². The van der Waals surface area contributed by atoms with Crippen molar-refractivity contribution in [3.63, 3.8) is 0 Å². The van der Waals surface area contributed by atoms with Crippen molar-refractivity contribution < 1.29 is 4.79 Å². The van der Waals surface area contributed by atoms with Crippen LogP contribution in [0, 0.1) is 0 Å². The van der Waals surface area contributed by atoms with Gasteiger partial charge in [-0.3, -0.25) is 5.10 Å². The number of nitrogens with one attached hydrogen (secondary N) is 3. The molecule has 2 aromatic heterocycles. The summed E-state index contributed by atoms with van der Waals surface area (Å²) in [6.07, 6.45) is 5.02. The highest BCUT2D eigenvalue weighted by atomic mass is 16.2. The smallest absolute Gasteiger partial charge is 0.321 e. The number of imidazole rings is 1. The van der Waals surface area contributed by atoms with Crippen molar-refractivity contribution in [1.29, 1.82) is 0 Å². The van der Waals surface area contributed by atoms with Gasteiger partial charge in [-0.05, 0) is 44.5 Å². The van der Waals surface area contributed by atoms with Gasteiger partial charge in [-0.25, -0.2) is 9.78 Å². The molecule has 0 aliphatic carbocycles. The Bertz CT molecular complexity index is 1030. The van der Waals surface area contributed by atoms with Crippen LogP contribution < -0.4 is 10.2 Å². The van der Waals surface area contributed by atoms with Crippen molar-refractivity contribution in [2.24, 2.45) is 0 Å². The molecule has 3 N–H and O–H groups in total. The van der Waals surface area contributed by atoms with E-state index in [0.29, 0.717) is 17.2 Å². The van der Waals surface area contributed by atoms with Gasteiger partial charge in [0, 0.05) is 51.2 Å². The first-order valence-electron chi connectivity index (χ1n) is 10.7. The summed E-state index contributed by atoms with van der Waals surface area (Å²) in [4.78, 5) is 27.3. The van der Waals surface area contributed by atoms with E-state index in [4.69, 9.17) is 4.98 Å². The zero-order valence-electron chi connectivity index (χ0n) is 17.3. The molecule has 0 saturated carbocycles. The molecule has 2 aliphatic rings. The molecule has 4 heterocycles. The van der Waals surface area contributed by atoms with Gasteiger partial charge in [0.15, 0.2) is 11.5 Å². The fraction of sp³-hybridized carbons (Fsp3) is 0.476. The van der Waals surface area contributed by atoms with Gasteiger partial charge >= 0.3 is 6.03 Å². The van der Waals surface area contributed by atoms with E-state index < -0.39 is 0 Å². The summed E-state index contributed by atoms with van der Waals surface area (Å²) in [6.45, 7) is 5.79. The largest absolute Gasteiger partial charge is 0.369 e. The molecule has 5 rings (SSSR count). The number of hydrogen-bond donors (Lipinski definition) is 3. The summed E-state index contributed by atoms with van der Waals surface area (Å²) < 4.78 is 0. The van der Waals surface area contributed by atoms with Gasteiger partial charge in [0.2, 0.25) is 0 Å². The first-order chi connectivity index (χ1) is 14.7. The van der Waals surface area contributed by atoms with Crippen LogP contribution in [0.25, 0.3) is 22.6 Å². The van der Waals surface area contributed by atoms with E-state index in [2.05, 4.69) is 49.5 Å². The van der Waals surface area contributed by atoms with E-state index in [9.17, 15) is 4.79 Å². The van der Waals surface area contributed by atoms with Gasteiger partial charge in [-0.1, -0.05) is 0 Å². The third kappa shape index (κ3) is 3.72. The lowest BCUT2D eigenvalue weighted by molar-refractivity contribution is 0.200. The summed E-state index contributed by atoms with van der Waals surface area (Å²) in [5.41, 5.74) is 4.32. The molecule has 0 atom stereocenters. The van der Waals surface area contributed by atoms with Crippen LogP contribution in [0.5, 0.6) is 0 Å². The molecule has 2 fully saturated rings. The second-order valence-corrected chi connectivity index (χ2v) is 8.20. The number of rotatable bonds is 3. The highest BCUT2D eigenvalue weighted by Crippen LogP contribution is 2.28. The predicted molar refractivity (Wildman–Crippen MR) is 118 cm³/mol. The zero-order chi connectivity index (χ0) is 20.5. The molecule has 158 valence electrons. The van der Waals surface area contributed by atoms with Crippen molar-refractivity contribution >= 4 is 28.4 Å². The third-order valence-electron chi connectivity index (χ3n) is 6.08. The Labute approximate surface area is 175 Å². The van der Waals surface area contributed by atoms with Gasteiger partial charge in [-0.2, -0.15) is 5.10 Å². The number of piperidine rings is 1. The Balaban J connectivity index is 1.36. The van der Waals surface area contributed by atoms with Crippen molar-refractivity contribution in [2.45, 2.75) is 19.3 Å². The number of carbonyl (C=O) groups excluding carboxylic acids is 1.